The van der Waals surface area contributed by atoms with Crippen molar-refractivity contribution in [1.82, 2.24) is 4.90 Å². The number of rotatable bonds is 3. The van der Waals surface area contributed by atoms with E-state index in [1.807, 2.05) is 0 Å². The SMILES string of the molecule is CC1=CC(C)(CCN(C)C)C(C)=C1C. The normalized spacial score (nSPS) is 27.5. The molecule has 1 aliphatic carbocycles. The van der Waals surface area contributed by atoms with Gasteiger partial charge in [0.15, 0.2) is 0 Å². The Bertz CT molecular complexity index is 284. The summed E-state index contributed by atoms with van der Waals surface area (Å²) in [5, 5.41) is 0. The second-order valence-electron chi connectivity index (χ2n) is 5.05. The smallest absolute Gasteiger partial charge is 0.00834 e. The van der Waals surface area contributed by atoms with Gasteiger partial charge < -0.3 is 4.90 Å². The lowest BCUT2D eigenvalue weighted by molar-refractivity contribution is 0.339. The van der Waals surface area contributed by atoms with E-state index in [0.29, 0.717) is 5.41 Å². The van der Waals surface area contributed by atoms with Gasteiger partial charge in [-0.1, -0.05) is 24.1 Å². The van der Waals surface area contributed by atoms with Crippen molar-refractivity contribution in [2.24, 2.45) is 5.41 Å². The van der Waals surface area contributed by atoms with Crippen LogP contribution in [0.1, 0.15) is 34.1 Å². The number of hydrogen-bond donors (Lipinski definition) is 0. The molecule has 0 aromatic rings. The van der Waals surface area contributed by atoms with Crippen LogP contribution in [0.5, 0.6) is 0 Å². The van der Waals surface area contributed by atoms with Crippen molar-refractivity contribution in [1.29, 1.82) is 0 Å². The lowest BCUT2D eigenvalue weighted by Crippen LogP contribution is -2.22. The van der Waals surface area contributed by atoms with Gasteiger partial charge in [-0.05, 0) is 53.4 Å². The topological polar surface area (TPSA) is 3.24 Å². The van der Waals surface area contributed by atoms with Crippen LogP contribution in [0.15, 0.2) is 22.8 Å². The lowest BCUT2D eigenvalue weighted by Gasteiger charge is -2.26. The minimum absolute atomic E-state index is 0.304. The average Bonchev–Trinajstić information content (AvgIpc) is 2.28. The maximum absolute atomic E-state index is 2.43. The Morgan fingerprint density at radius 2 is 1.79 bits per heavy atom. The Kier molecular flexibility index (Phi) is 3.20. The van der Waals surface area contributed by atoms with E-state index >= 15 is 0 Å². The van der Waals surface area contributed by atoms with E-state index in [0.717, 1.165) is 6.54 Å². The summed E-state index contributed by atoms with van der Waals surface area (Å²) in [6, 6.07) is 0. The first-order chi connectivity index (χ1) is 6.37. The third kappa shape index (κ3) is 2.09. The zero-order valence-electron chi connectivity index (χ0n) is 10.4. The molecule has 0 radical (unpaired) electrons. The molecule has 0 N–H and O–H groups in total. The number of nitrogens with zero attached hydrogens (tertiary/aromatic N) is 1. The molecule has 0 bridgehead atoms. The summed E-state index contributed by atoms with van der Waals surface area (Å²) in [6.07, 6.45) is 3.65. The first-order valence-electron chi connectivity index (χ1n) is 5.39. The van der Waals surface area contributed by atoms with Gasteiger partial charge in [-0.15, -0.1) is 0 Å². The molecule has 1 unspecified atom stereocenters. The third-order valence-corrected chi connectivity index (χ3v) is 3.62. The van der Waals surface area contributed by atoms with Gasteiger partial charge in [0, 0.05) is 5.41 Å². The van der Waals surface area contributed by atoms with Crippen molar-refractivity contribution in [3.63, 3.8) is 0 Å². The molecule has 80 valence electrons. The third-order valence-electron chi connectivity index (χ3n) is 3.62. The van der Waals surface area contributed by atoms with Crippen LogP contribution in [0.25, 0.3) is 0 Å². The minimum atomic E-state index is 0.304. The molecular formula is C13H23N. The summed E-state index contributed by atoms with van der Waals surface area (Å²) < 4.78 is 0. The van der Waals surface area contributed by atoms with Crippen LogP contribution < -0.4 is 0 Å². The Hall–Kier alpha value is -0.560. The van der Waals surface area contributed by atoms with Crippen molar-refractivity contribution in [2.45, 2.75) is 34.1 Å². The minimum Gasteiger partial charge on any atom is -0.309 e. The van der Waals surface area contributed by atoms with Gasteiger partial charge in [-0.2, -0.15) is 0 Å². The fourth-order valence-corrected chi connectivity index (χ4v) is 2.13. The van der Waals surface area contributed by atoms with Crippen LogP contribution in [0.3, 0.4) is 0 Å². The van der Waals surface area contributed by atoms with Crippen molar-refractivity contribution >= 4 is 0 Å². The van der Waals surface area contributed by atoms with Gasteiger partial charge in [0.2, 0.25) is 0 Å². The average molecular weight is 193 g/mol. The zero-order chi connectivity index (χ0) is 10.9. The summed E-state index contributed by atoms with van der Waals surface area (Å²) in [7, 11) is 4.28. The maximum Gasteiger partial charge on any atom is 0.00834 e. The summed E-state index contributed by atoms with van der Waals surface area (Å²) in [5.41, 5.74) is 4.81. The van der Waals surface area contributed by atoms with E-state index in [9.17, 15) is 0 Å². The molecule has 1 atom stereocenters. The summed E-state index contributed by atoms with van der Waals surface area (Å²) in [6.45, 7) is 10.2. The molecule has 1 aliphatic rings. The van der Waals surface area contributed by atoms with E-state index in [-0.39, 0.29) is 0 Å². The van der Waals surface area contributed by atoms with E-state index in [4.69, 9.17) is 0 Å². The Labute approximate surface area is 88.5 Å². The summed E-state index contributed by atoms with van der Waals surface area (Å²) in [4.78, 5) is 2.26. The van der Waals surface area contributed by atoms with Crippen LogP contribution in [-0.4, -0.2) is 25.5 Å². The molecule has 0 aromatic heterocycles. The summed E-state index contributed by atoms with van der Waals surface area (Å²) in [5.74, 6) is 0. The molecule has 14 heavy (non-hydrogen) atoms. The molecular weight excluding hydrogens is 170 g/mol. The Balaban J connectivity index is 2.78. The summed E-state index contributed by atoms with van der Waals surface area (Å²) >= 11 is 0. The first kappa shape index (κ1) is 11.5. The largest absolute Gasteiger partial charge is 0.309 e. The Morgan fingerprint density at radius 1 is 1.21 bits per heavy atom. The van der Waals surface area contributed by atoms with Crippen LogP contribution in [0.2, 0.25) is 0 Å². The molecule has 0 fully saturated rings. The fraction of sp³-hybridized carbons (Fsp3) is 0.692. The molecule has 0 amide bonds. The maximum atomic E-state index is 2.43. The highest BCUT2D eigenvalue weighted by Gasteiger charge is 2.30. The highest BCUT2D eigenvalue weighted by molar-refractivity contribution is 5.44. The Morgan fingerprint density at radius 3 is 2.14 bits per heavy atom. The highest BCUT2D eigenvalue weighted by atomic mass is 15.0. The first-order valence-corrected chi connectivity index (χ1v) is 5.39. The van der Waals surface area contributed by atoms with Gasteiger partial charge >= 0.3 is 0 Å². The molecule has 1 rings (SSSR count). The number of hydrogen-bond acceptors (Lipinski definition) is 1. The molecule has 0 aliphatic heterocycles. The molecule has 1 nitrogen and oxygen atoms in total. The monoisotopic (exact) mass is 193 g/mol. The van der Waals surface area contributed by atoms with Crippen molar-refractivity contribution in [2.75, 3.05) is 20.6 Å². The molecule has 0 saturated heterocycles. The zero-order valence-corrected chi connectivity index (χ0v) is 10.4. The van der Waals surface area contributed by atoms with Crippen LogP contribution >= 0.6 is 0 Å². The molecule has 0 aromatic carbocycles. The number of allylic oxidation sites excluding steroid dienone is 4. The van der Waals surface area contributed by atoms with E-state index in [1.165, 1.54) is 17.6 Å². The highest BCUT2D eigenvalue weighted by Crippen LogP contribution is 2.42. The standard InChI is InChI=1S/C13H23N/c1-10-9-13(4,7-8-14(5)6)12(3)11(10)2/h9H,7-8H2,1-6H3. The van der Waals surface area contributed by atoms with Crippen molar-refractivity contribution in [3.8, 4) is 0 Å². The molecule has 0 saturated carbocycles. The predicted octanol–water partition coefficient (Wildman–Crippen LogP) is 3.24. The van der Waals surface area contributed by atoms with E-state index in [2.05, 4.69) is 52.8 Å². The van der Waals surface area contributed by atoms with Gasteiger partial charge in [0.05, 0.1) is 0 Å². The van der Waals surface area contributed by atoms with E-state index in [1.54, 1.807) is 5.57 Å². The van der Waals surface area contributed by atoms with Crippen molar-refractivity contribution in [3.05, 3.63) is 22.8 Å². The fourth-order valence-electron chi connectivity index (χ4n) is 2.13. The van der Waals surface area contributed by atoms with Gasteiger partial charge in [-0.25, -0.2) is 0 Å². The van der Waals surface area contributed by atoms with Crippen LogP contribution in [-0.2, 0) is 0 Å². The van der Waals surface area contributed by atoms with Gasteiger partial charge in [0.25, 0.3) is 0 Å². The predicted molar refractivity (Wildman–Crippen MR) is 63.4 cm³/mol. The van der Waals surface area contributed by atoms with Gasteiger partial charge in [-0.3, -0.25) is 0 Å². The molecule has 1 heteroatoms. The van der Waals surface area contributed by atoms with Crippen molar-refractivity contribution < 1.29 is 0 Å². The van der Waals surface area contributed by atoms with Gasteiger partial charge in [0.1, 0.15) is 0 Å². The lowest BCUT2D eigenvalue weighted by atomic mass is 9.81. The van der Waals surface area contributed by atoms with Crippen LogP contribution in [0.4, 0.5) is 0 Å². The molecule has 0 heterocycles. The van der Waals surface area contributed by atoms with E-state index < -0.39 is 0 Å². The molecule has 0 spiro atoms. The quantitative estimate of drug-likeness (QED) is 0.665. The second kappa shape index (κ2) is 3.90. The second-order valence-corrected chi connectivity index (χ2v) is 5.05. The van der Waals surface area contributed by atoms with Crippen LogP contribution in [0, 0.1) is 5.41 Å².